The fourth-order valence-corrected chi connectivity index (χ4v) is 2.98. The Morgan fingerprint density at radius 2 is 2.23 bits per heavy atom. The Morgan fingerprint density at radius 3 is 2.96 bits per heavy atom. The van der Waals surface area contributed by atoms with Crippen LogP contribution < -0.4 is 5.76 Å². The van der Waals surface area contributed by atoms with Gasteiger partial charge in [-0.05, 0) is 31.9 Å². The molecule has 1 unspecified atom stereocenters. The van der Waals surface area contributed by atoms with E-state index in [1.165, 1.54) is 0 Å². The molecule has 3 rings (SSSR count). The number of hydrogen-bond donors (Lipinski definition) is 0. The number of carbonyl (C=O) groups excluding carboxylic acids is 2. The Morgan fingerprint density at radius 1 is 1.38 bits per heavy atom. The molecule has 0 bridgehead atoms. The third-order valence-corrected chi connectivity index (χ3v) is 4.27. The lowest BCUT2D eigenvalue weighted by Gasteiger charge is -2.31. The SMILES string of the molecule is CCOC(=O)C1CCCN(C(=O)Cn2c(-c3ccccn3)noc2=O)C1. The van der Waals surface area contributed by atoms with Gasteiger partial charge in [0, 0.05) is 19.3 Å². The maximum atomic E-state index is 12.7. The molecule has 1 aliphatic heterocycles. The molecule has 1 aliphatic rings. The van der Waals surface area contributed by atoms with E-state index in [1.807, 2.05) is 0 Å². The Kier molecular flexibility index (Phi) is 5.45. The Labute approximate surface area is 149 Å². The third kappa shape index (κ3) is 3.81. The van der Waals surface area contributed by atoms with Crippen LogP contribution >= 0.6 is 0 Å². The first-order valence-electron chi connectivity index (χ1n) is 8.52. The summed E-state index contributed by atoms with van der Waals surface area (Å²) < 4.78 is 10.9. The molecule has 9 heteroatoms. The second-order valence-corrected chi connectivity index (χ2v) is 6.00. The van der Waals surface area contributed by atoms with Crippen molar-refractivity contribution in [1.29, 1.82) is 0 Å². The zero-order chi connectivity index (χ0) is 18.5. The molecular formula is C17H20N4O5. The molecule has 3 heterocycles. The van der Waals surface area contributed by atoms with Gasteiger partial charge in [-0.3, -0.25) is 19.1 Å². The number of nitrogens with zero attached hydrogens (tertiary/aromatic N) is 4. The number of piperidine rings is 1. The van der Waals surface area contributed by atoms with Crippen LogP contribution in [0.1, 0.15) is 19.8 Å². The average Bonchev–Trinajstić information content (AvgIpc) is 3.03. The summed E-state index contributed by atoms with van der Waals surface area (Å²) in [7, 11) is 0. The lowest BCUT2D eigenvalue weighted by Crippen LogP contribution is -2.44. The van der Waals surface area contributed by atoms with Gasteiger partial charge in [-0.1, -0.05) is 11.2 Å². The van der Waals surface area contributed by atoms with E-state index in [0.717, 1.165) is 4.57 Å². The van der Waals surface area contributed by atoms with Gasteiger partial charge in [0.2, 0.25) is 11.7 Å². The zero-order valence-electron chi connectivity index (χ0n) is 14.5. The Hall–Kier alpha value is -2.97. The van der Waals surface area contributed by atoms with E-state index >= 15 is 0 Å². The zero-order valence-corrected chi connectivity index (χ0v) is 14.5. The molecule has 1 atom stereocenters. The van der Waals surface area contributed by atoms with Crippen LogP contribution in [0.25, 0.3) is 11.5 Å². The molecule has 26 heavy (non-hydrogen) atoms. The molecule has 0 aromatic carbocycles. The second-order valence-electron chi connectivity index (χ2n) is 6.00. The average molecular weight is 360 g/mol. The number of rotatable bonds is 5. The summed E-state index contributed by atoms with van der Waals surface area (Å²) in [5.74, 6) is -1.43. The van der Waals surface area contributed by atoms with Crippen LogP contribution in [0, 0.1) is 5.92 Å². The van der Waals surface area contributed by atoms with E-state index in [4.69, 9.17) is 9.26 Å². The van der Waals surface area contributed by atoms with E-state index in [9.17, 15) is 14.4 Å². The minimum absolute atomic E-state index is 0.197. The fourth-order valence-electron chi connectivity index (χ4n) is 2.98. The minimum Gasteiger partial charge on any atom is -0.466 e. The van der Waals surface area contributed by atoms with Crippen molar-refractivity contribution in [1.82, 2.24) is 19.6 Å². The summed E-state index contributed by atoms with van der Waals surface area (Å²) in [6.07, 6.45) is 2.96. The number of pyridine rings is 1. The second kappa shape index (κ2) is 7.94. The first kappa shape index (κ1) is 17.8. The van der Waals surface area contributed by atoms with E-state index < -0.39 is 5.76 Å². The van der Waals surface area contributed by atoms with Crippen molar-refractivity contribution < 1.29 is 18.8 Å². The molecule has 1 saturated heterocycles. The van der Waals surface area contributed by atoms with Crippen molar-refractivity contribution in [2.45, 2.75) is 26.3 Å². The molecule has 0 N–H and O–H groups in total. The maximum absolute atomic E-state index is 12.7. The minimum atomic E-state index is -0.724. The van der Waals surface area contributed by atoms with Crippen LogP contribution in [0.15, 0.2) is 33.7 Å². The van der Waals surface area contributed by atoms with Gasteiger partial charge >= 0.3 is 11.7 Å². The van der Waals surface area contributed by atoms with Gasteiger partial charge in [-0.2, -0.15) is 0 Å². The number of aromatic nitrogens is 3. The van der Waals surface area contributed by atoms with Gasteiger partial charge in [0.05, 0.1) is 12.5 Å². The smallest absolute Gasteiger partial charge is 0.442 e. The van der Waals surface area contributed by atoms with Crippen molar-refractivity contribution in [2.75, 3.05) is 19.7 Å². The first-order valence-corrected chi connectivity index (χ1v) is 8.52. The first-order chi connectivity index (χ1) is 12.6. The summed E-state index contributed by atoms with van der Waals surface area (Å²) >= 11 is 0. The number of carbonyl (C=O) groups is 2. The summed E-state index contributed by atoms with van der Waals surface area (Å²) in [5, 5.41) is 3.72. The van der Waals surface area contributed by atoms with Crippen LogP contribution in [0.2, 0.25) is 0 Å². The highest BCUT2D eigenvalue weighted by Crippen LogP contribution is 2.19. The molecule has 2 aromatic heterocycles. The van der Waals surface area contributed by atoms with E-state index in [2.05, 4.69) is 10.1 Å². The standard InChI is InChI=1S/C17H20N4O5/c1-2-25-16(23)12-6-5-9-20(10-12)14(22)11-21-15(19-26-17(21)24)13-7-3-4-8-18-13/h3-4,7-8,12H,2,5-6,9-11H2,1H3. The van der Waals surface area contributed by atoms with E-state index in [-0.39, 0.29) is 36.7 Å². The highest BCUT2D eigenvalue weighted by atomic mass is 16.5. The van der Waals surface area contributed by atoms with Crippen molar-refractivity contribution in [3.63, 3.8) is 0 Å². The van der Waals surface area contributed by atoms with Crippen molar-refractivity contribution in [3.8, 4) is 11.5 Å². The molecule has 9 nitrogen and oxygen atoms in total. The highest BCUT2D eigenvalue weighted by Gasteiger charge is 2.30. The molecular weight excluding hydrogens is 340 g/mol. The summed E-state index contributed by atoms with van der Waals surface area (Å²) in [5.41, 5.74) is 0.439. The number of likely N-dealkylation sites (tertiary alicyclic amines) is 1. The topological polar surface area (TPSA) is 108 Å². The third-order valence-electron chi connectivity index (χ3n) is 4.27. The molecule has 0 aliphatic carbocycles. The van der Waals surface area contributed by atoms with Crippen LogP contribution in [-0.4, -0.2) is 51.2 Å². The lowest BCUT2D eigenvalue weighted by molar-refractivity contribution is -0.151. The summed E-state index contributed by atoms with van der Waals surface area (Å²) in [6.45, 7) is 2.67. The van der Waals surface area contributed by atoms with Crippen molar-refractivity contribution >= 4 is 11.9 Å². The highest BCUT2D eigenvalue weighted by molar-refractivity contribution is 5.78. The number of hydrogen-bond acceptors (Lipinski definition) is 7. The van der Waals surface area contributed by atoms with E-state index in [0.29, 0.717) is 31.7 Å². The molecule has 0 spiro atoms. The van der Waals surface area contributed by atoms with Crippen LogP contribution in [0.4, 0.5) is 0 Å². The van der Waals surface area contributed by atoms with Gasteiger partial charge in [-0.15, -0.1) is 0 Å². The molecule has 0 saturated carbocycles. The molecule has 2 aromatic rings. The van der Waals surface area contributed by atoms with Gasteiger partial charge < -0.3 is 9.64 Å². The van der Waals surface area contributed by atoms with Crippen LogP contribution in [0.3, 0.4) is 0 Å². The number of ether oxygens (including phenoxy) is 1. The predicted molar refractivity (Wildman–Crippen MR) is 89.9 cm³/mol. The normalized spacial score (nSPS) is 17.1. The van der Waals surface area contributed by atoms with Crippen molar-refractivity contribution in [3.05, 3.63) is 34.9 Å². The Bertz CT molecular complexity index is 829. The Balaban J connectivity index is 1.73. The molecule has 1 amide bonds. The lowest BCUT2D eigenvalue weighted by atomic mass is 9.98. The number of amides is 1. The summed E-state index contributed by atoms with van der Waals surface area (Å²) in [4.78, 5) is 42.2. The predicted octanol–water partition coefficient (Wildman–Crippen LogP) is 0.700. The largest absolute Gasteiger partial charge is 0.466 e. The molecule has 0 radical (unpaired) electrons. The van der Waals surface area contributed by atoms with Crippen LogP contribution in [0.5, 0.6) is 0 Å². The number of esters is 1. The van der Waals surface area contributed by atoms with Crippen LogP contribution in [-0.2, 0) is 20.9 Å². The summed E-state index contributed by atoms with van der Waals surface area (Å²) in [6, 6.07) is 5.17. The van der Waals surface area contributed by atoms with Gasteiger partial charge in [0.15, 0.2) is 0 Å². The van der Waals surface area contributed by atoms with E-state index in [1.54, 1.807) is 36.2 Å². The maximum Gasteiger partial charge on any atom is 0.442 e. The molecule has 138 valence electrons. The quantitative estimate of drug-likeness (QED) is 0.722. The van der Waals surface area contributed by atoms with Gasteiger partial charge in [-0.25, -0.2) is 9.36 Å². The molecule has 1 fully saturated rings. The van der Waals surface area contributed by atoms with Gasteiger partial charge in [0.1, 0.15) is 12.2 Å². The monoisotopic (exact) mass is 360 g/mol. The fraction of sp³-hybridized carbons (Fsp3) is 0.471. The van der Waals surface area contributed by atoms with Crippen molar-refractivity contribution in [2.24, 2.45) is 5.92 Å². The van der Waals surface area contributed by atoms with Gasteiger partial charge in [0.25, 0.3) is 0 Å².